The molecule has 1 saturated heterocycles. The quantitative estimate of drug-likeness (QED) is 0.888. The minimum absolute atomic E-state index is 0.0360. The monoisotopic (exact) mass is 367 g/mol. The molecule has 3 rings (SSSR count). The number of primary amides is 1. The van der Waals surface area contributed by atoms with Crippen molar-refractivity contribution in [2.45, 2.75) is 44.2 Å². The fraction of sp³-hybridized carbons (Fsp3) is 0.556. The molecule has 1 heterocycles. The number of halogens is 2. The molecule has 0 aromatic heterocycles. The number of rotatable bonds is 4. The highest BCUT2D eigenvalue weighted by molar-refractivity contribution is 6.31. The van der Waals surface area contributed by atoms with Crippen LogP contribution >= 0.6 is 11.6 Å². The van der Waals surface area contributed by atoms with Crippen molar-refractivity contribution in [2.75, 3.05) is 19.6 Å². The molecule has 2 amide bonds. The molecule has 0 unspecified atom stereocenters. The van der Waals surface area contributed by atoms with Gasteiger partial charge in [-0.15, -0.1) is 0 Å². The van der Waals surface area contributed by atoms with Gasteiger partial charge in [-0.2, -0.15) is 0 Å². The van der Waals surface area contributed by atoms with Gasteiger partial charge in [0.25, 0.3) is 0 Å². The van der Waals surface area contributed by atoms with Gasteiger partial charge in [0.1, 0.15) is 5.82 Å². The van der Waals surface area contributed by atoms with Gasteiger partial charge in [-0.05, 0) is 30.5 Å². The Morgan fingerprint density at radius 2 is 2.00 bits per heavy atom. The number of carbonyl (C=O) groups excluding carboxylic acids is 2. The summed E-state index contributed by atoms with van der Waals surface area (Å²) in [5.41, 5.74) is 5.94. The summed E-state index contributed by atoms with van der Waals surface area (Å²) in [7, 11) is 0. The zero-order valence-electron chi connectivity index (χ0n) is 14.1. The van der Waals surface area contributed by atoms with Crippen LogP contribution in [0.3, 0.4) is 0 Å². The van der Waals surface area contributed by atoms with E-state index in [9.17, 15) is 14.0 Å². The van der Waals surface area contributed by atoms with Crippen molar-refractivity contribution in [3.8, 4) is 0 Å². The zero-order chi connectivity index (χ0) is 18.0. The third kappa shape index (κ3) is 3.96. The largest absolute Gasteiger partial charge is 0.368 e. The van der Waals surface area contributed by atoms with E-state index in [4.69, 9.17) is 17.3 Å². The summed E-state index contributed by atoms with van der Waals surface area (Å²) < 4.78 is 13.3. The molecule has 136 valence electrons. The van der Waals surface area contributed by atoms with Crippen molar-refractivity contribution in [1.82, 2.24) is 9.80 Å². The molecule has 2 N–H and O–H groups in total. The molecule has 1 aliphatic heterocycles. The number of nitrogens with two attached hydrogens (primary N) is 1. The van der Waals surface area contributed by atoms with E-state index < -0.39 is 5.91 Å². The number of amides is 2. The average Bonchev–Trinajstić information content (AvgIpc) is 2.55. The van der Waals surface area contributed by atoms with Gasteiger partial charge in [-0.25, -0.2) is 4.39 Å². The SMILES string of the molecule is NC(=O)CN1CC2(CCCCC2)N(Cc2ccc(F)cc2Cl)CC1=O. The molecule has 25 heavy (non-hydrogen) atoms. The van der Waals surface area contributed by atoms with Crippen molar-refractivity contribution in [3.05, 3.63) is 34.6 Å². The summed E-state index contributed by atoms with van der Waals surface area (Å²) in [6, 6.07) is 4.37. The summed E-state index contributed by atoms with van der Waals surface area (Å²) in [5.74, 6) is -0.967. The van der Waals surface area contributed by atoms with Gasteiger partial charge in [-0.1, -0.05) is 36.9 Å². The van der Waals surface area contributed by atoms with Gasteiger partial charge < -0.3 is 10.6 Å². The molecule has 0 radical (unpaired) electrons. The molecule has 7 heteroatoms. The second-order valence-electron chi connectivity index (χ2n) is 7.09. The fourth-order valence-corrected chi connectivity index (χ4v) is 4.30. The zero-order valence-corrected chi connectivity index (χ0v) is 14.9. The standard InChI is InChI=1S/C18H23ClFN3O2/c19-15-8-14(20)5-4-13(15)9-23-11-17(25)22(10-16(21)24)12-18(23)6-2-1-3-7-18/h4-5,8H,1-3,6-7,9-12H2,(H2,21,24). The third-order valence-corrected chi connectivity index (χ3v) is 5.69. The lowest BCUT2D eigenvalue weighted by Gasteiger charge is -2.52. The van der Waals surface area contributed by atoms with Gasteiger partial charge in [-0.3, -0.25) is 14.5 Å². The van der Waals surface area contributed by atoms with Crippen LogP contribution < -0.4 is 5.73 Å². The highest BCUT2D eigenvalue weighted by Crippen LogP contribution is 2.38. The molecule has 0 atom stereocenters. The van der Waals surface area contributed by atoms with Crippen LogP contribution in [0.4, 0.5) is 4.39 Å². The molecule has 0 bridgehead atoms. The van der Waals surface area contributed by atoms with E-state index in [1.165, 1.54) is 18.6 Å². The Morgan fingerprint density at radius 1 is 1.28 bits per heavy atom. The minimum Gasteiger partial charge on any atom is -0.368 e. The van der Waals surface area contributed by atoms with Crippen LogP contribution in [0, 0.1) is 5.82 Å². The fourth-order valence-electron chi connectivity index (χ4n) is 4.07. The van der Waals surface area contributed by atoms with Gasteiger partial charge >= 0.3 is 0 Å². The molecular formula is C18H23ClFN3O2. The van der Waals surface area contributed by atoms with Crippen molar-refractivity contribution in [1.29, 1.82) is 0 Å². The van der Waals surface area contributed by atoms with E-state index >= 15 is 0 Å². The highest BCUT2D eigenvalue weighted by Gasteiger charge is 2.45. The molecule has 5 nitrogen and oxygen atoms in total. The van der Waals surface area contributed by atoms with Crippen LogP contribution in [0.2, 0.25) is 5.02 Å². The third-order valence-electron chi connectivity index (χ3n) is 5.34. The summed E-state index contributed by atoms with van der Waals surface area (Å²) in [6.45, 7) is 1.19. The summed E-state index contributed by atoms with van der Waals surface area (Å²) in [6.07, 6.45) is 5.29. The van der Waals surface area contributed by atoms with E-state index in [0.29, 0.717) is 18.1 Å². The predicted octanol–water partition coefficient (Wildman–Crippen LogP) is 2.31. The Bertz CT molecular complexity index is 676. The molecule has 2 aliphatic rings. The highest BCUT2D eigenvalue weighted by atomic mass is 35.5. The second kappa shape index (κ2) is 7.30. The molecule has 1 aromatic rings. The lowest BCUT2D eigenvalue weighted by molar-refractivity contribution is -0.148. The first-order valence-electron chi connectivity index (χ1n) is 8.65. The maximum absolute atomic E-state index is 13.3. The summed E-state index contributed by atoms with van der Waals surface area (Å²) in [4.78, 5) is 27.5. The number of carbonyl (C=O) groups is 2. The Morgan fingerprint density at radius 3 is 2.64 bits per heavy atom. The van der Waals surface area contributed by atoms with Crippen LogP contribution in [0.15, 0.2) is 18.2 Å². The number of nitrogens with zero attached hydrogens (tertiary/aromatic N) is 2. The smallest absolute Gasteiger partial charge is 0.237 e. The normalized spacial score (nSPS) is 20.9. The number of piperazine rings is 1. The Kier molecular flexibility index (Phi) is 5.29. The van der Waals surface area contributed by atoms with Gasteiger partial charge in [0.2, 0.25) is 11.8 Å². The second-order valence-corrected chi connectivity index (χ2v) is 7.50. The van der Waals surface area contributed by atoms with Gasteiger partial charge in [0, 0.05) is 23.7 Å². The first-order chi connectivity index (χ1) is 11.9. The van der Waals surface area contributed by atoms with E-state index in [2.05, 4.69) is 4.90 Å². The average molecular weight is 368 g/mol. The van der Waals surface area contributed by atoms with Crippen molar-refractivity contribution < 1.29 is 14.0 Å². The topological polar surface area (TPSA) is 66.6 Å². The number of benzene rings is 1. The van der Waals surface area contributed by atoms with E-state index in [1.807, 2.05) is 0 Å². The van der Waals surface area contributed by atoms with Crippen LogP contribution in [-0.2, 0) is 16.1 Å². The van der Waals surface area contributed by atoms with Gasteiger partial charge in [0.05, 0.1) is 13.1 Å². The molecule has 1 spiro atoms. The van der Waals surface area contributed by atoms with Crippen molar-refractivity contribution in [3.63, 3.8) is 0 Å². The Balaban J connectivity index is 1.85. The minimum atomic E-state index is -0.491. The van der Waals surface area contributed by atoms with Crippen LogP contribution in [-0.4, -0.2) is 46.8 Å². The first-order valence-corrected chi connectivity index (χ1v) is 9.02. The Hall–Kier alpha value is -1.66. The van der Waals surface area contributed by atoms with E-state index in [1.54, 1.807) is 11.0 Å². The van der Waals surface area contributed by atoms with Crippen LogP contribution in [0.1, 0.15) is 37.7 Å². The van der Waals surface area contributed by atoms with Crippen LogP contribution in [0.25, 0.3) is 0 Å². The van der Waals surface area contributed by atoms with Gasteiger partial charge in [0.15, 0.2) is 0 Å². The van der Waals surface area contributed by atoms with Crippen LogP contribution in [0.5, 0.6) is 0 Å². The molecule has 1 aromatic carbocycles. The molecular weight excluding hydrogens is 345 g/mol. The molecule has 1 saturated carbocycles. The van der Waals surface area contributed by atoms with Crippen molar-refractivity contribution >= 4 is 23.4 Å². The molecule has 1 aliphatic carbocycles. The maximum Gasteiger partial charge on any atom is 0.237 e. The Labute approximate surface area is 151 Å². The number of hydrogen-bond donors (Lipinski definition) is 1. The van der Waals surface area contributed by atoms with E-state index in [0.717, 1.165) is 31.2 Å². The van der Waals surface area contributed by atoms with Crippen molar-refractivity contribution in [2.24, 2.45) is 5.73 Å². The lowest BCUT2D eigenvalue weighted by atomic mass is 9.78. The predicted molar refractivity (Wildman–Crippen MR) is 93.4 cm³/mol. The maximum atomic E-state index is 13.3. The molecule has 2 fully saturated rings. The summed E-state index contributed by atoms with van der Waals surface area (Å²) >= 11 is 6.19. The first kappa shape index (κ1) is 18.1. The number of hydrogen-bond acceptors (Lipinski definition) is 3. The van der Waals surface area contributed by atoms with E-state index in [-0.39, 0.29) is 30.4 Å². The summed E-state index contributed by atoms with van der Waals surface area (Å²) in [5, 5.41) is 0.373. The lowest BCUT2D eigenvalue weighted by Crippen LogP contribution is -2.65.